The van der Waals surface area contributed by atoms with Crippen molar-refractivity contribution in [3.63, 3.8) is 0 Å². The second kappa shape index (κ2) is 8.24. The Labute approximate surface area is 170 Å². The summed E-state index contributed by atoms with van der Waals surface area (Å²) >= 11 is 0. The van der Waals surface area contributed by atoms with Gasteiger partial charge in [0.25, 0.3) is 5.56 Å². The van der Waals surface area contributed by atoms with E-state index >= 15 is 0 Å². The molecule has 2 aromatic carbocycles. The first-order valence-electron chi connectivity index (χ1n) is 9.15. The van der Waals surface area contributed by atoms with E-state index in [0.29, 0.717) is 41.7 Å². The van der Waals surface area contributed by atoms with Gasteiger partial charge >= 0.3 is 0 Å². The van der Waals surface area contributed by atoms with Gasteiger partial charge in [0.1, 0.15) is 31.3 Å². The molecule has 1 aliphatic rings. The van der Waals surface area contributed by atoms with Crippen molar-refractivity contribution >= 4 is 11.6 Å². The van der Waals surface area contributed by atoms with E-state index in [1.807, 2.05) is 0 Å². The Hall–Kier alpha value is -3.88. The van der Waals surface area contributed by atoms with E-state index in [-0.39, 0.29) is 12.3 Å². The number of aromatic nitrogens is 2. The first kappa shape index (κ1) is 19.4. The lowest BCUT2D eigenvalue weighted by molar-refractivity contribution is -0.117. The van der Waals surface area contributed by atoms with Crippen molar-refractivity contribution in [3.8, 4) is 28.5 Å². The standard InChI is InChI=1S/C21H18FN3O5/c1-28-18-10-13(22)2-4-15(18)16-5-7-21(27)25(24-16)12-20(26)23-14-3-6-17-19(11-14)30-9-8-29-17/h2-7,10-11H,8-9,12H2,1H3,(H,23,26). The first-order valence-corrected chi connectivity index (χ1v) is 9.15. The van der Waals surface area contributed by atoms with E-state index in [1.54, 1.807) is 18.2 Å². The third-order valence-corrected chi connectivity index (χ3v) is 4.43. The summed E-state index contributed by atoms with van der Waals surface area (Å²) in [6.07, 6.45) is 0. The number of hydrogen-bond acceptors (Lipinski definition) is 6. The molecule has 8 nitrogen and oxygen atoms in total. The zero-order valence-corrected chi connectivity index (χ0v) is 16.1. The minimum atomic E-state index is -0.456. The molecule has 0 atom stereocenters. The maximum absolute atomic E-state index is 13.5. The zero-order valence-electron chi connectivity index (χ0n) is 16.1. The highest BCUT2D eigenvalue weighted by atomic mass is 19.1. The summed E-state index contributed by atoms with van der Waals surface area (Å²) in [7, 11) is 1.41. The van der Waals surface area contributed by atoms with Crippen molar-refractivity contribution in [3.05, 3.63) is 64.7 Å². The number of carbonyl (C=O) groups is 1. The van der Waals surface area contributed by atoms with Gasteiger partial charge in [-0.15, -0.1) is 0 Å². The number of halogens is 1. The minimum Gasteiger partial charge on any atom is -0.496 e. The summed E-state index contributed by atoms with van der Waals surface area (Å²) in [4.78, 5) is 24.6. The fourth-order valence-electron chi connectivity index (χ4n) is 3.04. The van der Waals surface area contributed by atoms with Gasteiger partial charge in [-0.1, -0.05) is 0 Å². The lowest BCUT2D eigenvalue weighted by atomic mass is 10.1. The van der Waals surface area contributed by atoms with Crippen LogP contribution in [0, 0.1) is 5.82 Å². The van der Waals surface area contributed by atoms with Gasteiger partial charge in [0.2, 0.25) is 5.91 Å². The number of nitrogens with zero attached hydrogens (tertiary/aromatic N) is 2. The predicted molar refractivity (Wildman–Crippen MR) is 107 cm³/mol. The van der Waals surface area contributed by atoms with Crippen LogP contribution in [0.15, 0.2) is 53.3 Å². The van der Waals surface area contributed by atoms with Crippen molar-refractivity contribution in [2.45, 2.75) is 6.54 Å². The van der Waals surface area contributed by atoms with Crippen LogP contribution in [-0.4, -0.2) is 36.0 Å². The molecule has 0 spiro atoms. The van der Waals surface area contributed by atoms with E-state index in [0.717, 1.165) is 4.68 Å². The largest absolute Gasteiger partial charge is 0.496 e. The first-order chi connectivity index (χ1) is 14.5. The highest BCUT2D eigenvalue weighted by Gasteiger charge is 2.15. The second-order valence-electron chi connectivity index (χ2n) is 6.47. The summed E-state index contributed by atoms with van der Waals surface area (Å²) in [5.74, 6) is 0.526. The molecule has 1 N–H and O–H groups in total. The smallest absolute Gasteiger partial charge is 0.267 e. The van der Waals surface area contributed by atoms with Gasteiger partial charge < -0.3 is 19.5 Å². The Morgan fingerprint density at radius 1 is 1.13 bits per heavy atom. The van der Waals surface area contributed by atoms with Crippen LogP contribution < -0.4 is 25.1 Å². The number of carbonyl (C=O) groups excluding carboxylic acids is 1. The molecule has 154 valence electrons. The van der Waals surface area contributed by atoms with E-state index in [2.05, 4.69) is 10.4 Å². The summed E-state index contributed by atoms with van der Waals surface area (Å²) in [6.45, 7) is 0.608. The SMILES string of the molecule is COc1cc(F)ccc1-c1ccc(=O)n(CC(=O)Nc2ccc3c(c2)OCCO3)n1. The van der Waals surface area contributed by atoms with Crippen LogP contribution in [0.25, 0.3) is 11.3 Å². The van der Waals surface area contributed by atoms with Crippen molar-refractivity contribution in [1.29, 1.82) is 0 Å². The number of fused-ring (bicyclic) bond motifs is 1. The number of anilines is 1. The number of nitrogens with one attached hydrogen (secondary N) is 1. The van der Waals surface area contributed by atoms with E-state index in [4.69, 9.17) is 14.2 Å². The number of hydrogen-bond donors (Lipinski definition) is 1. The van der Waals surface area contributed by atoms with Crippen LogP contribution >= 0.6 is 0 Å². The third-order valence-electron chi connectivity index (χ3n) is 4.43. The summed E-state index contributed by atoms with van der Waals surface area (Å²) < 4.78 is 30.6. The molecule has 9 heteroatoms. The molecule has 0 fully saturated rings. The topological polar surface area (TPSA) is 91.7 Å². The summed E-state index contributed by atoms with van der Waals surface area (Å²) in [5.41, 5.74) is 0.935. The third kappa shape index (κ3) is 4.09. The van der Waals surface area contributed by atoms with Crippen LogP contribution in [0.5, 0.6) is 17.2 Å². The maximum atomic E-state index is 13.5. The van der Waals surface area contributed by atoms with Crippen molar-refractivity contribution < 1.29 is 23.4 Å². The summed E-state index contributed by atoms with van der Waals surface area (Å²) in [5, 5.41) is 6.94. The molecule has 2 heterocycles. The van der Waals surface area contributed by atoms with E-state index in [9.17, 15) is 14.0 Å². The Bertz CT molecular complexity index is 1160. The molecule has 30 heavy (non-hydrogen) atoms. The Morgan fingerprint density at radius 3 is 2.73 bits per heavy atom. The molecular formula is C21H18FN3O5. The monoisotopic (exact) mass is 411 g/mol. The molecule has 0 saturated heterocycles. The fourth-order valence-corrected chi connectivity index (χ4v) is 3.04. The lowest BCUT2D eigenvalue weighted by Gasteiger charge is -2.19. The molecule has 1 aliphatic heterocycles. The van der Waals surface area contributed by atoms with Gasteiger partial charge in [0.05, 0.1) is 12.8 Å². The average Bonchev–Trinajstić information content (AvgIpc) is 2.75. The van der Waals surface area contributed by atoms with Gasteiger partial charge in [-0.05, 0) is 30.3 Å². The summed E-state index contributed by atoms with van der Waals surface area (Å²) in [6, 6.07) is 11.8. The molecule has 0 saturated carbocycles. The molecule has 0 unspecified atom stereocenters. The van der Waals surface area contributed by atoms with Gasteiger partial charge in [-0.3, -0.25) is 9.59 Å². The molecule has 4 rings (SSSR count). The van der Waals surface area contributed by atoms with Gasteiger partial charge in [-0.25, -0.2) is 9.07 Å². The van der Waals surface area contributed by atoms with Crippen LogP contribution in [0.1, 0.15) is 0 Å². The molecule has 0 radical (unpaired) electrons. The van der Waals surface area contributed by atoms with Crippen molar-refractivity contribution in [2.24, 2.45) is 0 Å². The number of rotatable bonds is 5. The maximum Gasteiger partial charge on any atom is 0.267 e. The van der Waals surface area contributed by atoms with Crippen molar-refractivity contribution in [1.82, 2.24) is 9.78 Å². The fraction of sp³-hybridized carbons (Fsp3) is 0.190. The highest BCUT2D eigenvalue weighted by molar-refractivity contribution is 5.90. The predicted octanol–water partition coefficient (Wildman–Crippen LogP) is 2.47. The Morgan fingerprint density at radius 2 is 1.93 bits per heavy atom. The normalized spacial score (nSPS) is 12.3. The van der Waals surface area contributed by atoms with Gasteiger partial charge in [0, 0.05) is 29.4 Å². The zero-order chi connectivity index (χ0) is 21.1. The van der Waals surface area contributed by atoms with Crippen LogP contribution in [0.3, 0.4) is 0 Å². The van der Waals surface area contributed by atoms with Gasteiger partial charge in [0.15, 0.2) is 11.5 Å². The molecule has 1 aromatic heterocycles. The number of benzene rings is 2. The average molecular weight is 411 g/mol. The van der Waals surface area contributed by atoms with Crippen molar-refractivity contribution in [2.75, 3.05) is 25.6 Å². The minimum absolute atomic E-state index is 0.272. The van der Waals surface area contributed by atoms with E-state index in [1.165, 1.54) is 37.4 Å². The van der Waals surface area contributed by atoms with Crippen LogP contribution in [-0.2, 0) is 11.3 Å². The molecule has 3 aromatic rings. The molecular weight excluding hydrogens is 393 g/mol. The highest BCUT2D eigenvalue weighted by Crippen LogP contribution is 2.32. The second-order valence-corrected chi connectivity index (χ2v) is 6.47. The lowest BCUT2D eigenvalue weighted by Crippen LogP contribution is -2.29. The number of methoxy groups -OCH3 is 1. The Balaban J connectivity index is 1.54. The number of amides is 1. The van der Waals surface area contributed by atoms with Crippen LogP contribution in [0.4, 0.5) is 10.1 Å². The molecule has 0 aliphatic carbocycles. The van der Waals surface area contributed by atoms with E-state index < -0.39 is 17.3 Å². The van der Waals surface area contributed by atoms with Gasteiger partial charge in [-0.2, -0.15) is 5.10 Å². The molecule has 1 amide bonds. The quantitative estimate of drug-likeness (QED) is 0.694. The van der Waals surface area contributed by atoms with Crippen LogP contribution in [0.2, 0.25) is 0 Å². The molecule has 0 bridgehead atoms. The number of ether oxygens (including phenoxy) is 3. The Kier molecular flexibility index (Phi) is 5.34.